The van der Waals surface area contributed by atoms with Crippen molar-refractivity contribution in [3.05, 3.63) is 33.1 Å². The molecule has 9 heteroatoms. The van der Waals surface area contributed by atoms with E-state index in [9.17, 15) is 19.2 Å². The van der Waals surface area contributed by atoms with Crippen molar-refractivity contribution in [3.63, 3.8) is 0 Å². The molecule has 0 fully saturated rings. The van der Waals surface area contributed by atoms with Crippen molar-refractivity contribution in [2.45, 2.75) is 51.9 Å². The molecule has 9 nitrogen and oxygen atoms in total. The largest absolute Gasteiger partial charge is 0.468 e. The van der Waals surface area contributed by atoms with Gasteiger partial charge in [0.05, 0.1) is 13.7 Å². The minimum Gasteiger partial charge on any atom is -0.468 e. The second-order valence-electron chi connectivity index (χ2n) is 6.47. The van der Waals surface area contributed by atoms with E-state index in [1.165, 1.54) is 23.9 Å². The molecule has 0 saturated heterocycles. The van der Waals surface area contributed by atoms with Crippen molar-refractivity contribution < 1.29 is 14.3 Å². The van der Waals surface area contributed by atoms with Crippen LogP contribution in [-0.4, -0.2) is 46.2 Å². The molecular formula is C15H24N4O5. The molecular weight excluding hydrogens is 316 g/mol. The van der Waals surface area contributed by atoms with Gasteiger partial charge in [-0.3, -0.25) is 29.3 Å². The smallest absolute Gasteiger partial charge is 0.328 e. The number of H-pyrrole nitrogens is 1. The maximum Gasteiger partial charge on any atom is 0.328 e. The van der Waals surface area contributed by atoms with Crippen molar-refractivity contribution in [1.29, 1.82) is 0 Å². The van der Waals surface area contributed by atoms with Gasteiger partial charge in [0.2, 0.25) is 5.91 Å². The molecule has 3 N–H and O–H groups in total. The summed E-state index contributed by atoms with van der Waals surface area (Å²) >= 11 is 0. The monoisotopic (exact) mass is 340 g/mol. The van der Waals surface area contributed by atoms with Crippen LogP contribution in [0, 0.1) is 0 Å². The van der Waals surface area contributed by atoms with Gasteiger partial charge in [-0.25, -0.2) is 4.79 Å². The Morgan fingerprint density at radius 3 is 2.46 bits per heavy atom. The van der Waals surface area contributed by atoms with E-state index < -0.39 is 34.8 Å². The van der Waals surface area contributed by atoms with Crippen LogP contribution in [0.1, 0.15) is 27.7 Å². The number of carbonyl (C=O) groups is 2. The summed E-state index contributed by atoms with van der Waals surface area (Å²) in [5.74, 6) is -0.909. The van der Waals surface area contributed by atoms with Crippen LogP contribution in [0.5, 0.6) is 0 Å². The van der Waals surface area contributed by atoms with Crippen molar-refractivity contribution in [3.8, 4) is 0 Å². The van der Waals surface area contributed by atoms with Gasteiger partial charge in [0, 0.05) is 17.8 Å². The lowest BCUT2D eigenvalue weighted by Crippen LogP contribution is -2.56. The van der Waals surface area contributed by atoms with Crippen LogP contribution >= 0.6 is 0 Å². The fraction of sp³-hybridized carbons (Fsp3) is 0.600. The molecule has 0 radical (unpaired) electrons. The SMILES string of the molecule is COC(=O)[C@@H](C)NC(Cn1ccc(=O)[nH]c1=O)C(=O)NC(C)(C)C. The second kappa shape index (κ2) is 7.91. The minimum absolute atomic E-state index is 0.0567. The first-order valence-corrected chi connectivity index (χ1v) is 7.49. The highest BCUT2D eigenvalue weighted by Gasteiger charge is 2.27. The summed E-state index contributed by atoms with van der Waals surface area (Å²) in [5, 5.41) is 5.63. The van der Waals surface area contributed by atoms with Gasteiger partial charge in [-0.1, -0.05) is 0 Å². The van der Waals surface area contributed by atoms with Crippen LogP contribution in [-0.2, 0) is 20.9 Å². The normalized spacial score (nSPS) is 13.9. The number of aromatic amines is 1. The lowest BCUT2D eigenvalue weighted by Gasteiger charge is -2.27. The molecule has 0 spiro atoms. The summed E-state index contributed by atoms with van der Waals surface area (Å²) < 4.78 is 5.82. The molecule has 0 aliphatic carbocycles. The number of rotatable bonds is 6. The van der Waals surface area contributed by atoms with E-state index in [4.69, 9.17) is 0 Å². The summed E-state index contributed by atoms with van der Waals surface area (Å²) in [4.78, 5) is 49.1. The number of ether oxygens (including phenoxy) is 1. The first-order valence-electron chi connectivity index (χ1n) is 7.49. The second-order valence-corrected chi connectivity index (χ2v) is 6.47. The first kappa shape index (κ1) is 19.6. The van der Waals surface area contributed by atoms with E-state index in [0.29, 0.717) is 0 Å². The van der Waals surface area contributed by atoms with Gasteiger partial charge in [0.25, 0.3) is 5.56 Å². The van der Waals surface area contributed by atoms with E-state index >= 15 is 0 Å². The maximum atomic E-state index is 12.5. The fourth-order valence-corrected chi connectivity index (χ4v) is 2.00. The zero-order valence-corrected chi connectivity index (χ0v) is 14.5. The average molecular weight is 340 g/mol. The number of esters is 1. The summed E-state index contributed by atoms with van der Waals surface area (Å²) in [6.07, 6.45) is 1.29. The number of methoxy groups -OCH3 is 1. The Hall–Kier alpha value is -2.42. The number of nitrogens with one attached hydrogen (secondary N) is 3. The Bertz CT molecular complexity index is 701. The highest BCUT2D eigenvalue weighted by atomic mass is 16.5. The Kier molecular flexibility index (Phi) is 6.47. The predicted molar refractivity (Wildman–Crippen MR) is 87.6 cm³/mol. The van der Waals surface area contributed by atoms with Crippen LogP contribution in [0.3, 0.4) is 0 Å². The Balaban J connectivity index is 3.03. The van der Waals surface area contributed by atoms with Crippen molar-refractivity contribution in [1.82, 2.24) is 20.2 Å². The van der Waals surface area contributed by atoms with Gasteiger partial charge in [0.15, 0.2) is 0 Å². The van der Waals surface area contributed by atoms with Gasteiger partial charge in [-0.2, -0.15) is 0 Å². The van der Waals surface area contributed by atoms with Gasteiger partial charge >= 0.3 is 11.7 Å². The number of hydrogen-bond acceptors (Lipinski definition) is 6. The third kappa shape index (κ3) is 5.99. The van der Waals surface area contributed by atoms with Gasteiger partial charge in [0.1, 0.15) is 12.1 Å². The highest BCUT2D eigenvalue weighted by Crippen LogP contribution is 2.02. The zero-order chi connectivity index (χ0) is 18.5. The molecule has 0 saturated carbocycles. The van der Waals surface area contributed by atoms with Crippen LogP contribution in [0.15, 0.2) is 21.9 Å². The first-order chi connectivity index (χ1) is 11.0. The molecule has 2 atom stereocenters. The summed E-state index contributed by atoms with van der Waals surface area (Å²) in [7, 11) is 1.25. The fourth-order valence-electron chi connectivity index (χ4n) is 2.00. The number of aromatic nitrogens is 2. The van der Waals surface area contributed by atoms with Crippen LogP contribution in [0.4, 0.5) is 0 Å². The van der Waals surface area contributed by atoms with Crippen LogP contribution in [0.25, 0.3) is 0 Å². The number of nitrogens with zero attached hydrogens (tertiary/aromatic N) is 1. The predicted octanol–water partition coefficient (Wildman–Crippen LogP) is -1.03. The molecule has 1 unspecified atom stereocenters. The van der Waals surface area contributed by atoms with E-state index in [1.54, 1.807) is 6.92 Å². The lowest BCUT2D eigenvalue weighted by atomic mass is 10.1. The van der Waals surface area contributed by atoms with E-state index in [0.717, 1.165) is 0 Å². The lowest BCUT2D eigenvalue weighted by molar-refractivity contribution is -0.143. The van der Waals surface area contributed by atoms with Gasteiger partial charge in [-0.05, 0) is 27.7 Å². The molecule has 1 aromatic rings. The van der Waals surface area contributed by atoms with Crippen molar-refractivity contribution in [2.24, 2.45) is 0 Å². The quantitative estimate of drug-likeness (QED) is 0.569. The maximum absolute atomic E-state index is 12.5. The molecule has 0 aromatic carbocycles. The molecule has 0 bridgehead atoms. The molecule has 1 aromatic heterocycles. The number of carbonyl (C=O) groups excluding carboxylic acids is 2. The molecule has 134 valence electrons. The molecule has 1 heterocycles. The molecule has 1 rings (SSSR count). The zero-order valence-electron chi connectivity index (χ0n) is 14.5. The van der Waals surface area contributed by atoms with E-state index in [-0.39, 0.29) is 12.5 Å². The van der Waals surface area contributed by atoms with Crippen LogP contribution in [0.2, 0.25) is 0 Å². The highest BCUT2D eigenvalue weighted by molar-refractivity contribution is 5.83. The van der Waals surface area contributed by atoms with Crippen molar-refractivity contribution >= 4 is 11.9 Å². The van der Waals surface area contributed by atoms with Crippen LogP contribution < -0.4 is 21.9 Å². The van der Waals surface area contributed by atoms with E-state index in [2.05, 4.69) is 20.4 Å². The molecule has 24 heavy (non-hydrogen) atoms. The topological polar surface area (TPSA) is 122 Å². The summed E-state index contributed by atoms with van der Waals surface area (Å²) in [6.45, 7) is 6.95. The third-order valence-corrected chi connectivity index (χ3v) is 3.10. The van der Waals surface area contributed by atoms with Crippen molar-refractivity contribution in [2.75, 3.05) is 7.11 Å². The number of hydrogen-bond donors (Lipinski definition) is 3. The summed E-state index contributed by atoms with van der Waals surface area (Å²) in [6, 6.07) is -0.435. The summed E-state index contributed by atoms with van der Waals surface area (Å²) in [5.41, 5.74) is -1.65. The van der Waals surface area contributed by atoms with E-state index in [1.807, 2.05) is 20.8 Å². The van der Waals surface area contributed by atoms with Gasteiger partial charge in [-0.15, -0.1) is 0 Å². The standard InChI is InChI=1S/C15H24N4O5/c1-9(13(22)24-5)16-10(12(21)18-15(2,3)4)8-19-7-6-11(20)17-14(19)23/h6-7,9-10,16H,8H2,1-5H3,(H,18,21)(H,17,20,23)/t9-,10?/m1/s1. The minimum atomic E-state index is -0.873. The Labute approximate surface area is 139 Å². The molecule has 0 aliphatic rings. The Morgan fingerprint density at radius 1 is 1.33 bits per heavy atom. The number of amides is 1. The average Bonchev–Trinajstić information content (AvgIpc) is 2.46. The molecule has 1 amide bonds. The Morgan fingerprint density at radius 2 is 1.96 bits per heavy atom. The molecule has 0 aliphatic heterocycles. The van der Waals surface area contributed by atoms with Gasteiger partial charge < -0.3 is 10.1 Å². The third-order valence-electron chi connectivity index (χ3n) is 3.10.